The van der Waals surface area contributed by atoms with Gasteiger partial charge >= 0.3 is 0 Å². The molecule has 32 heavy (non-hydrogen) atoms. The monoisotopic (exact) mass is 455 g/mol. The molecular formula is C25H30ClN3O3. The fraction of sp³-hybridized carbons (Fsp3) is 0.440. The molecule has 0 aromatic heterocycles. The maximum absolute atomic E-state index is 13.2. The van der Waals surface area contributed by atoms with Crippen molar-refractivity contribution >= 4 is 29.1 Å². The summed E-state index contributed by atoms with van der Waals surface area (Å²) in [5.41, 5.74) is 1.44. The van der Waals surface area contributed by atoms with Crippen LogP contribution in [0, 0.1) is 0 Å². The lowest BCUT2D eigenvalue weighted by Crippen LogP contribution is -2.50. The molecule has 0 radical (unpaired) electrons. The lowest BCUT2D eigenvalue weighted by molar-refractivity contribution is -0.132. The van der Waals surface area contributed by atoms with Crippen LogP contribution in [0.15, 0.2) is 54.6 Å². The number of carbonyl (C=O) groups is 2. The third kappa shape index (κ3) is 5.08. The van der Waals surface area contributed by atoms with Crippen molar-refractivity contribution in [3.8, 4) is 0 Å². The van der Waals surface area contributed by atoms with E-state index in [0.717, 1.165) is 18.7 Å². The fourth-order valence-electron chi connectivity index (χ4n) is 4.62. The van der Waals surface area contributed by atoms with Crippen molar-refractivity contribution in [2.24, 2.45) is 0 Å². The summed E-state index contributed by atoms with van der Waals surface area (Å²) in [4.78, 5) is 30.2. The number of rotatable bonds is 6. The number of carbonyl (C=O) groups excluding carboxylic acids is 2. The van der Waals surface area contributed by atoms with E-state index < -0.39 is 5.41 Å². The summed E-state index contributed by atoms with van der Waals surface area (Å²) in [6, 6.07) is 17.8. The predicted octanol–water partition coefficient (Wildman–Crippen LogP) is 3.24. The Labute approximate surface area is 194 Å². The highest BCUT2D eigenvalue weighted by Gasteiger charge is 2.41. The van der Waals surface area contributed by atoms with E-state index in [4.69, 9.17) is 16.3 Å². The first kappa shape index (κ1) is 22.6. The number of amides is 2. The number of halogens is 1. The summed E-state index contributed by atoms with van der Waals surface area (Å²) in [6.07, 6.45) is 1.52. The van der Waals surface area contributed by atoms with Crippen LogP contribution in [0.5, 0.6) is 0 Å². The number of hydrogen-bond donors (Lipinski definition) is 1. The normalized spacial score (nSPS) is 18.3. The molecule has 170 valence electrons. The molecule has 7 heteroatoms. The van der Waals surface area contributed by atoms with Crippen LogP contribution in [0.4, 0.5) is 5.69 Å². The second-order valence-electron chi connectivity index (χ2n) is 8.41. The number of piperazine rings is 1. The fourth-order valence-corrected chi connectivity index (χ4v) is 4.81. The maximum atomic E-state index is 13.2. The largest absolute Gasteiger partial charge is 0.381 e. The Morgan fingerprint density at radius 3 is 2.38 bits per heavy atom. The van der Waals surface area contributed by atoms with E-state index in [0.29, 0.717) is 57.1 Å². The maximum Gasteiger partial charge on any atom is 0.230 e. The van der Waals surface area contributed by atoms with Crippen molar-refractivity contribution in [1.29, 1.82) is 0 Å². The van der Waals surface area contributed by atoms with Gasteiger partial charge < -0.3 is 19.9 Å². The van der Waals surface area contributed by atoms with Crippen molar-refractivity contribution in [1.82, 2.24) is 10.2 Å². The summed E-state index contributed by atoms with van der Waals surface area (Å²) in [6.45, 7) is 4.44. The van der Waals surface area contributed by atoms with E-state index in [-0.39, 0.29) is 11.8 Å². The first-order valence-electron chi connectivity index (χ1n) is 11.3. The molecular weight excluding hydrogens is 426 g/mol. The average molecular weight is 456 g/mol. The highest BCUT2D eigenvalue weighted by atomic mass is 35.5. The predicted molar refractivity (Wildman–Crippen MR) is 126 cm³/mol. The van der Waals surface area contributed by atoms with Gasteiger partial charge in [0.05, 0.1) is 5.41 Å². The second kappa shape index (κ2) is 10.4. The van der Waals surface area contributed by atoms with Gasteiger partial charge in [-0.1, -0.05) is 41.9 Å². The topological polar surface area (TPSA) is 61.9 Å². The van der Waals surface area contributed by atoms with Crippen molar-refractivity contribution in [2.45, 2.75) is 24.7 Å². The van der Waals surface area contributed by atoms with Crippen molar-refractivity contribution < 1.29 is 14.3 Å². The van der Waals surface area contributed by atoms with E-state index in [1.165, 1.54) is 5.69 Å². The average Bonchev–Trinajstić information content (AvgIpc) is 2.85. The van der Waals surface area contributed by atoms with Crippen molar-refractivity contribution in [3.05, 3.63) is 65.2 Å². The van der Waals surface area contributed by atoms with Crippen LogP contribution in [0.2, 0.25) is 5.02 Å². The van der Waals surface area contributed by atoms with Gasteiger partial charge in [-0.3, -0.25) is 9.59 Å². The van der Waals surface area contributed by atoms with E-state index in [9.17, 15) is 9.59 Å². The molecule has 2 aliphatic heterocycles. The summed E-state index contributed by atoms with van der Waals surface area (Å²) in [5.74, 6) is 0.0339. The van der Waals surface area contributed by atoms with E-state index in [2.05, 4.69) is 22.3 Å². The molecule has 2 fully saturated rings. The molecule has 0 spiro atoms. The minimum Gasteiger partial charge on any atom is -0.381 e. The Hall–Kier alpha value is -2.57. The van der Waals surface area contributed by atoms with Gasteiger partial charge in [0.25, 0.3) is 0 Å². The van der Waals surface area contributed by atoms with Gasteiger partial charge in [-0.25, -0.2) is 0 Å². The van der Waals surface area contributed by atoms with Gasteiger partial charge in [0.15, 0.2) is 0 Å². The molecule has 2 aliphatic rings. The summed E-state index contributed by atoms with van der Waals surface area (Å²) >= 11 is 6.20. The number of ether oxygens (including phenoxy) is 1. The lowest BCUT2D eigenvalue weighted by Gasteiger charge is -2.37. The molecule has 2 saturated heterocycles. The van der Waals surface area contributed by atoms with E-state index in [1.807, 2.05) is 47.4 Å². The molecule has 2 aromatic rings. The van der Waals surface area contributed by atoms with Crippen LogP contribution in [0.25, 0.3) is 0 Å². The SMILES string of the molecule is O=C(CCNC(=O)C1(c2cccc(Cl)c2)CCOCC1)N1CCN(c2ccccc2)CC1. The summed E-state index contributed by atoms with van der Waals surface area (Å²) < 4.78 is 5.51. The molecule has 2 aromatic carbocycles. The van der Waals surface area contributed by atoms with Gasteiger partial charge in [-0.05, 0) is 42.7 Å². The second-order valence-corrected chi connectivity index (χ2v) is 8.85. The molecule has 2 amide bonds. The first-order valence-corrected chi connectivity index (χ1v) is 11.7. The van der Waals surface area contributed by atoms with Gasteiger partial charge in [0.2, 0.25) is 11.8 Å². The molecule has 6 nitrogen and oxygen atoms in total. The molecule has 4 rings (SSSR count). The number of hydrogen-bond acceptors (Lipinski definition) is 4. The Kier molecular flexibility index (Phi) is 7.33. The smallest absolute Gasteiger partial charge is 0.230 e. The van der Waals surface area contributed by atoms with Crippen LogP contribution >= 0.6 is 11.6 Å². The Morgan fingerprint density at radius 1 is 0.969 bits per heavy atom. The number of para-hydroxylation sites is 1. The highest BCUT2D eigenvalue weighted by Crippen LogP contribution is 2.36. The van der Waals surface area contributed by atoms with Crippen LogP contribution in [-0.4, -0.2) is 62.7 Å². The third-order valence-corrected chi connectivity index (χ3v) is 6.77. The van der Waals surface area contributed by atoms with E-state index in [1.54, 1.807) is 0 Å². The highest BCUT2D eigenvalue weighted by molar-refractivity contribution is 6.30. The third-order valence-electron chi connectivity index (χ3n) is 6.54. The lowest BCUT2D eigenvalue weighted by atomic mass is 9.73. The summed E-state index contributed by atoms with van der Waals surface area (Å²) in [5, 5.41) is 3.64. The number of nitrogens with zero attached hydrogens (tertiary/aromatic N) is 2. The van der Waals surface area contributed by atoms with Gasteiger partial charge in [0.1, 0.15) is 0 Å². The van der Waals surface area contributed by atoms with Crippen LogP contribution in [0.3, 0.4) is 0 Å². The standard InChI is InChI=1S/C25H30ClN3O3/c26-21-6-4-5-20(19-21)25(10-17-32-18-11-25)24(31)27-12-9-23(30)29-15-13-28(14-16-29)22-7-2-1-3-8-22/h1-8,19H,9-18H2,(H,27,31). The molecule has 2 heterocycles. The van der Waals surface area contributed by atoms with Crippen molar-refractivity contribution in [3.63, 3.8) is 0 Å². The zero-order chi connectivity index (χ0) is 22.4. The number of nitrogens with one attached hydrogen (secondary N) is 1. The molecule has 0 atom stereocenters. The Bertz CT molecular complexity index is 923. The molecule has 0 unspecified atom stereocenters. The molecule has 0 bridgehead atoms. The Balaban J connectivity index is 1.29. The number of anilines is 1. The number of benzene rings is 2. The van der Waals surface area contributed by atoms with Crippen LogP contribution in [0.1, 0.15) is 24.8 Å². The molecule has 0 aliphatic carbocycles. The zero-order valence-corrected chi connectivity index (χ0v) is 19.0. The Morgan fingerprint density at radius 2 is 1.69 bits per heavy atom. The van der Waals surface area contributed by atoms with Gasteiger partial charge in [0, 0.05) is 63.1 Å². The van der Waals surface area contributed by atoms with Crippen LogP contribution in [-0.2, 0) is 19.7 Å². The van der Waals surface area contributed by atoms with Crippen molar-refractivity contribution in [2.75, 3.05) is 50.8 Å². The molecule has 0 saturated carbocycles. The quantitative estimate of drug-likeness (QED) is 0.726. The summed E-state index contributed by atoms with van der Waals surface area (Å²) in [7, 11) is 0. The minimum absolute atomic E-state index is 0.0511. The van der Waals surface area contributed by atoms with Gasteiger partial charge in [-0.15, -0.1) is 0 Å². The van der Waals surface area contributed by atoms with E-state index >= 15 is 0 Å². The minimum atomic E-state index is -0.659. The molecule has 1 N–H and O–H groups in total. The van der Waals surface area contributed by atoms with Crippen LogP contribution < -0.4 is 10.2 Å². The van der Waals surface area contributed by atoms with Gasteiger partial charge in [-0.2, -0.15) is 0 Å². The zero-order valence-electron chi connectivity index (χ0n) is 18.3. The first-order chi connectivity index (χ1) is 15.6.